The largest absolute Gasteiger partial charge is 0.345 e. The summed E-state index contributed by atoms with van der Waals surface area (Å²) in [7, 11) is 0. The van der Waals surface area contributed by atoms with Crippen molar-refractivity contribution in [1.82, 2.24) is 15.0 Å². The molecule has 0 bridgehead atoms. The fourth-order valence-electron chi connectivity index (χ4n) is 0.805. The Bertz CT molecular complexity index is 355. The lowest BCUT2D eigenvalue weighted by Crippen LogP contribution is -1.79. The van der Waals surface area contributed by atoms with Gasteiger partial charge in [0.2, 0.25) is 0 Å². The van der Waals surface area contributed by atoms with Gasteiger partial charge in [0.05, 0.1) is 6.20 Å². The number of hydrogen-bond donors (Lipinski definition) is 1. The molecular formula is C6H4BrN3. The maximum atomic E-state index is 4.13. The van der Waals surface area contributed by atoms with Gasteiger partial charge in [-0.15, -0.1) is 0 Å². The van der Waals surface area contributed by atoms with E-state index in [2.05, 4.69) is 30.9 Å². The minimum absolute atomic E-state index is 0.752. The van der Waals surface area contributed by atoms with Gasteiger partial charge in [-0.3, -0.25) is 4.98 Å². The van der Waals surface area contributed by atoms with E-state index in [0.717, 1.165) is 15.8 Å². The molecule has 0 atom stereocenters. The highest BCUT2D eigenvalue weighted by Gasteiger charge is 1.95. The Kier molecular flexibility index (Phi) is 1.20. The zero-order chi connectivity index (χ0) is 6.97. The smallest absolute Gasteiger partial charge is 0.157 e. The van der Waals surface area contributed by atoms with E-state index in [-0.39, 0.29) is 0 Å². The molecule has 0 radical (unpaired) electrons. The predicted octanol–water partition coefficient (Wildman–Crippen LogP) is 1.72. The van der Waals surface area contributed by atoms with E-state index in [1.165, 1.54) is 0 Å². The first-order chi connectivity index (χ1) is 4.86. The molecule has 4 heteroatoms. The van der Waals surface area contributed by atoms with Gasteiger partial charge in [-0.05, 0) is 22.0 Å². The summed E-state index contributed by atoms with van der Waals surface area (Å²) in [5.41, 5.74) is 1.71. The molecule has 0 fully saturated rings. The Balaban J connectivity index is 2.86. The first-order valence-electron chi connectivity index (χ1n) is 2.82. The van der Waals surface area contributed by atoms with Gasteiger partial charge in [0, 0.05) is 6.20 Å². The maximum Gasteiger partial charge on any atom is 0.157 e. The topological polar surface area (TPSA) is 41.6 Å². The molecule has 0 aliphatic carbocycles. The third kappa shape index (κ3) is 0.806. The van der Waals surface area contributed by atoms with Crippen molar-refractivity contribution in [3.8, 4) is 0 Å². The lowest BCUT2D eigenvalue weighted by atomic mass is 10.5. The monoisotopic (exact) mass is 197 g/mol. The maximum absolute atomic E-state index is 4.13. The van der Waals surface area contributed by atoms with Crippen LogP contribution in [0.25, 0.3) is 11.2 Å². The minimum atomic E-state index is 0.752. The van der Waals surface area contributed by atoms with Crippen LogP contribution >= 0.6 is 15.9 Å². The van der Waals surface area contributed by atoms with Crippen molar-refractivity contribution >= 4 is 27.1 Å². The summed E-state index contributed by atoms with van der Waals surface area (Å²) < 4.78 is 0.752. The molecule has 10 heavy (non-hydrogen) atoms. The van der Waals surface area contributed by atoms with E-state index in [1.807, 2.05) is 12.3 Å². The average Bonchev–Trinajstić information content (AvgIpc) is 2.33. The van der Waals surface area contributed by atoms with E-state index in [1.54, 1.807) is 6.20 Å². The fraction of sp³-hybridized carbons (Fsp3) is 0. The number of rotatable bonds is 0. The van der Waals surface area contributed by atoms with Crippen LogP contribution in [0.15, 0.2) is 23.1 Å². The van der Waals surface area contributed by atoms with E-state index in [4.69, 9.17) is 0 Å². The van der Waals surface area contributed by atoms with Gasteiger partial charge in [0.1, 0.15) is 10.1 Å². The molecule has 50 valence electrons. The summed E-state index contributed by atoms with van der Waals surface area (Å²) in [5.74, 6) is 0. The van der Waals surface area contributed by atoms with Gasteiger partial charge < -0.3 is 4.98 Å². The van der Waals surface area contributed by atoms with Crippen molar-refractivity contribution in [2.45, 2.75) is 0 Å². The van der Waals surface area contributed by atoms with E-state index < -0.39 is 0 Å². The summed E-state index contributed by atoms with van der Waals surface area (Å²) >= 11 is 3.22. The molecule has 0 saturated heterocycles. The normalized spacial score (nSPS) is 10.5. The number of nitrogens with zero attached hydrogens (tertiary/aromatic N) is 2. The zero-order valence-corrected chi connectivity index (χ0v) is 6.59. The Morgan fingerprint density at radius 1 is 1.50 bits per heavy atom. The molecular weight excluding hydrogens is 194 g/mol. The van der Waals surface area contributed by atoms with Crippen LogP contribution in [0, 0.1) is 0 Å². The van der Waals surface area contributed by atoms with Crippen LogP contribution in [0.2, 0.25) is 0 Å². The molecule has 0 aliphatic rings. The highest BCUT2D eigenvalue weighted by molar-refractivity contribution is 9.10. The van der Waals surface area contributed by atoms with Crippen LogP contribution in [-0.4, -0.2) is 15.0 Å². The molecule has 3 nitrogen and oxygen atoms in total. The van der Waals surface area contributed by atoms with Gasteiger partial charge in [-0.1, -0.05) is 0 Å². The van der Waals surface area contributed by atoms with E-state index in [9.17, 15) is 0 Å². The highest BCUT2D eigenvalue weighted by atomic mass is 79.9. The Labute approximate surface area is 65.6 Å². The summed E-state index contributed by atoms with van der Waals surface area (Å²) in [6.07, 6.45) is 3.49. The zero-order valence-electron chi connectivity index (χ0n) is 5.00. The SMILES string of the molecule is Brc1cnc2cc[nH]c2n1. The van der Waals surface area contributed by atoms with Crippen LogP contribution < -0.4 is 0 Å². The van der Waals surface area contributed by atoms with Crippen molar-refractivity contribution < 1.29 is 0 Å². The van der Waals surface area contributed by atoms with Crippen LogP contribution in [0.1, 0.15) is 0 Å². The molecule has 0 aliphatic heterocycles. The van der Waals surface area contributed by atoms with Gasteiger partial charge in [-0.25, -0.2) is 4.98 Å². The minimum Gasteiger partial charge on any atom is -0.345 e. The fourth-order valence-corrected chi connectivity index (χ4v) is 1.08. The molecule has 0 spiro atoms. The summed E-state index contributed by atoms with van der Waals surface area (Å²) in [6.45, 7) is 0. The summed E-state index contributed by atoms with van der Waals surface area (Å²) in [4.78, 5) is 11.2. The van der Waals surface area contributed by atoms with Crippen LogP contribution in [0.3, 0.4) is 0 Å². The van der Waals surface area contributed by atoms with Crippen LogP contribution in [0.5, 0.6) is 0 Å². The number of H-pyrrole nitrogens is 1. The Morgan fingerprint density at radius 3 is 3.30 bits per heavy atom. The molecule has 2 aromatic heterocycles. The van der Waals surface area contributed by atoms with Crippen LogP contribution in [0.4, 0.5) is 0 Å². The second kappa shape index (κ2) is 2.05. The van der Waals surface area contributed by atoms with Gasteiger partial charge in [-0.2, -0.15) is 0 Å². The predicted molar refractivity (Wildman–Crippen MR) is 41.6 cm³/mol. The quantitative estimate of drug-likeness (QED) is 0.700. The number of aromatic amines is 1. The van der Waals surface area contributed by atoms with E-state index in [0.29, 0.717) is 0 Å². The highest BCUT2D eigenvalue weighted by Crippen LogP contribution is 2.09. The lowest BCUT2D eigenvalue weighted by Gasteiger charge is -1.87. The third-order valence-corrected chi connectivity index (χ3v) is 1.61. The second-order valence-electron chi connectivity index (χ2n) is 1.90. The third-order valence-electron chi connectivity index (χ3n) is 1.23. The number of hydrogen-bond acceptors (Lipinski definition) is 2. The van der Waals surface area contributed by atoms with Crippen molar-refractivity contribution in [3.63, 3.8) is 0 Å². The molecule has 1 N–H and O–H groups in total. The molecule has 0 aromatic carbocycles. The van der Waals surface area contributed by atoms with Gasteiger partial charge in [0.25, 0.3) is 0 Å². The first-order valence-corrected chi connectivity index (χ1v) is 3.61. The van der Waals surface area contributed by atoms with Gasteiger partial charge >= 0.3 is 0 Å². The standard InChI is InChI=1S/C6H4BrN3/c7-5-3-9-4-1-2-8-6(4)10-5/h1-3H,(H,8,10). The molecule has 2 aromatic rings. The molecule has 2 heterocycles. The van der Waals surface area contributed by atoms with Crippen molar-refractivity contribution in [1.29, 1.82) is 0 Å². The number of aromatic nitrogens is 3. The molecule has 0 saturated carbocycles. The number of halogens is 1. The number of nitrogens with one attached hydrogen (secondary N) is 1. The average molecular weight is 198 g/mol. The van der Waals surface area contributed by atoms with Gasteiger partial charge in [0.15, 0.2) is 5.65 Å². The molecule has 0 amide bonds. The summed E-state index contributed by atoms with van der Waals surface area (Å²) in [6, 6.07) is 1.88. The first kappa shape index (κ1) is 5.85. The Hall–Kier alpha value is -0.900. The lowest BCUT2D eigenvalue weighted by molar-refractivity contribution is 1.22. The van der Waals surface area contributed by atoms with Crippen molar-refractivity contribution in [3.05, 3.63) is 23.1 Å². The molecule has 2 rings (SSSR count). The van der Waals surface area contributed by atoms with Crippen molar-refractivity contribution in [2.24, 2.45) is 0 Å². The number of fused-ring (bicyclic) bond motifs is 1. The second-order valence-corrected chi connectivity index (χ2v) is 2.72. The van der Waals surface area contributed by atoms with Crippen molar-refractivity contribution in [2.75, 3.05) is 0 Å². The van der Waals surface area contributed by atoms with Crippen LogP contribution in [-0.2, 0) is 0 Å². The molecule has 0 unspecified atom stereocenters. The Morgan fingerprint density at radius 2 is 2.40 bits per heavy atom. The summed E-state index contributed by atoms with van der Waals surface area (Å²) in [5, 5.41) is 0. The van der Waals surface area contributed by atoms with E-state index >= 15 is 0 Å².